The second-order valence-corrected chi connectivity index (χ2v) is 7.65. The number of ether oxygens (including phenoxy) is 1. The molecule has 0 saturated heterocycles. The smallest absolute Gasteiger partial charge is 0.137 e. The maximum atomic E-state index is 10.1. The number of aromatic hydroxyl groups is 1. The third kappa shape index (κ3) is 4.96. The van der Waals surface area contributed by atoms with Gasteiger partial charge in [-0.1, -0.05) is 33.6 Å². The van der Waals surface area contributed by atoms with Crippen molar-refractivity contribution >= 4 is 62.0 Å². The monoisotopic (exact) mass is 527 g/mol. The van der Waals surface area contributed by atoms with Crippen LogP contribution in [0.15, 0.2) is 70.1 Å². The Bertz CT molecular complexity index is 929. The maximum Gasteiger partial charge on any atom is 0.137 e. The van der Waals surface area contributed by atoms with Crippen molar-refractivity contribution in [1.29, 1.82) is 0 Å². The topological polar surface area (TPSA) is 41.8 Å². The first-order chi connectivity index (χ1) is 12.0. The fourth-order valence-electron chi connectivity index (χ4n) is 2.10. The van der Waals surface area contributed by atoms with Crippen LogP contribution in [-0.2, 0) is 0 Å². The zero-order valence-corrected chi connectivity index (χ0v) is 17.3. The van der Waals surface area contributed by atoms with Gasteiger partial charge in [0.2, 0.25) is 0 Å². The molecular formula is C19H12BrClINO2. The van der Waals surface area contributed by atoms with Crippen LogP contribution in [0.4, 0.5) is 5.69 Å². The Hall–Kier alpha value is -1.57. The third-order valence-corrected chi connectivity index (χ3v) is 4.79. The normalized spacial score (nSPS) is 11.0. The third-order valence-electron chi connectivity index (χ3n) is 3.28. The van der Waals surface area contributed by atoms with Gasteiger partial charge in [0.25, 0.3) is 0 Å². The van der Waals surface area contributed by atoms with Gasteiger partial charge in [0.1, 0.15) is 17.2 Å². The Balaban J connectivity index is 1.75. The lowest BCUT2D eigenvalue weighted by atomic mass is 10.2. The van der Waals surface area contributed by atoms with Crippen molar-refractivity contribution in [3.63, 3.8) is 0 Å². The minimum Gasteiger partial charge on any atom is -0.506 e. The molecule has 3 aromatic carbocycles. The molecule has 0 aliphatic carbocycles. The highest BCUT2D eigenvalue weighted by Gasteiger charge is 2.05. The highest BCUT2D eigenvalue weighted by atomic mass is 127. The van der Waals surface area contributed by atoms with E-state index < -0.39 is 0 Å². The molecule has 0 atom stereocenters. The van der Waals surface area contributed by atoms with Gasteiger partial charge in [-0.2, -0.15) is 0 Å². The molecule has 0 amide bonds. The van der Waals surface area contributed by atoms with E-state index in [0.717, 1.165) is 13.7 Å². The maximum absolute atomic E-state index is 10.1. The number of hydrogen-bond acceptors (Lipinski definition) is 3. The van der Waals surface area contributed by atoms with E-state index in [1.807, 2.05) is 48.5 Å². The molecule has 0 aromatic heterocycles. The standard InChI is InChI=1S/C19H12BrClINO2/c20-13-8-12(19(24)18(22)9-13)11-23-15-4-6-16(7-5-15)25-17-3-1-2-14(21)10-17/h1-11,24H. The highest BCUT2D eigenvalue weighted by Crippen LogP contribution is 2.29. The number of aliphatic imine (C=N–C) groups is 1. The minimum absolute atomic E-state index is 0.216. The SMILES string of the molecule is Oc1c(I)cc(Br)cc1C=Nc1ccc(Oc2cccc(Cl)c2)cc1. The first kappa shape index (κ1) is 18.2. The van der Waals surface area contributed by atoms with Crippen LogP contribution in [0.25, 0.3) is 0 Å². The molecule has 3 aromatic rings. The van der Waals surface area contributed by atoms with Crippen molar-refractivity contribution in [1.82, 2.24) is 0 Å². The predicted molar refractivity (Wildman–Crippen MR) is 114 cm³/mol. The van der Waals surface area contributed by atoms with Gasteiger partial charge < -0.3 is 9.84 Å². The molecule has 0 heterocycles. The Morgan fingerprint density at radius 2 is 1.80 bits per heavy atom. The quantitative estimate of drug-likeness (QED) is 0.294. The van der Waals surface area contributed by atoms with Crippen LogP contribution in [0.1, 0.15) is 5.56 Å². The van der Waals surface area contributed by atoms with E-state index in [1.165, 1.54) is 0 Å². The number of phenolic OH excluding ortho intramolecular Hbond substituents is 1. The first-order valence-electron chi connectivity index (χ1n) is 7.27. The van der Waals surface area contributed by atoms with Crippen molar-refractivity contribution in [2.75, 3.05) is 0 Å². The molecule has 126 valence electrons. The summed E-state index contributed by atoms with van der Waals surface area (Å²) in [6.45, 7) is 0. The highest BCUT2D eigenvalue weighted by molar-refractivity contribution is 14.1. The Morgan fingerprint density at radius 3 is 2.52 bits per heavy atom. The van der Waals surface area contributed by atoms with Crippen LogP contribution in [0.2, 0.25) is 5.02 Å². The molecule has 0 radical (unpaired) electrons. The molecule has 25 heavy (non-hydrogen) atoms. The van der Waals surface area contributed by atoms with Gasteiger partial charge in [0.15, 0.2) is 0 Å². The van der Waals surface area contributed by atoms with Crippen LogP contribution in [0.3, 0.4) is 0 Å². The molecule has 6 heteroatoms. The van der Waals surface area contributed by atoms with E-state index in [0.29, 0.717) is 22.1 Å². The molecule has 0 aliphatic rings. The van der Waals surface area contributed by atoms with Gasteiger partial charge in [-0.15, -0.1) is 0 Å². The average Bonchev–Trinajstić information content (AvgIpc) is 2.58. The first-order valence-corrected chi connectivity index (χ1v) is 9.52. The Morgan fingerprint density at radius 1 is 1.04 bits per heavy atom. The molecule has 1 N–H and O–H groups in total. The number of hydrogen-bond donors (Lipinski definition) is 1. The number of benzene rings is 3. The zero-order valence-electron chi connectivity index (χ0n) is 12.8. The van der Waals surface area contributed by atoms with Crippen molar-refractivity contribution < 1.29 is 9.84 Å². The van der Waals surface area contributed by atoms with Gasteiger partial charge in [-0.05, 0) is 77.2 Å². The predicted octanol–water partition coefficient (Wildman–Crippen LogP) is 6.96. The van der Waals surface area contributed by atoms with Gasteiger partial charge in [-0.25, -0.2) is 0 Å². The van der Waals surface area contributed by atoms with Crippen molar-refractivity contribution in [3.05, 3.63) is 79.3 Å². The van der Waals surface area contributed by atoms with Gasteiger partial charge in [-0.3, -0.25) is 4.99 Å². The molecule has 3 nitrogen and oxygen atoms in total. The van der Waals surface area contributed by atoms with Crippen LogP contribution < -0.4 is 4.74 Å². The molecular weight excluding hydrogens is 516 g/mol. The summed E-state index contributed by atoms with van der Waals surface area (Å²) in [5.41, 5.74) is 1.41. The molecule has 0 fully saturated rings. The minimum atomic E-state index is 0.216. The van der Waals surface area contributed by atoms with E-state index in [4.69, 9.17) is 16.3 Å². The van der Waals surface area contributed by atoms with E-state index in [2.05, 4.69) is 43.5 Å². The Labute approximate surface area is 172 Å². The largest absolute Gasteiger partial charge is 0.506 e. The van der Waals surface area contributed by atoms with Gasteiger partial charge in [0.05, 0.1) is 9.26 Å². The van der Waals surface area contributed by atoms with E-state index >= 15 is 0 Å². The lowest BCUT2D eigenvalue weighted by Gasteiger charge is -2.06. The van der Waals surface area contributed by atoms with E-state index in [-0.39, 0.29) is 5.75 Å². The second kappa shape index (κ2) is 8.21. The van der Waals surface area contributed by atoms with Crippen LogP contribution in [0, 0.1) is 3.57 Å². The molecule has 3 rings (SSSR count). The summed E-state index contributed by atoms with van der Waals surface area (Å²) in [4.78, 5) is 4.40. The summed E-state index contributed by atoms with van der Waals surface area (Å²) in [6, 6.07) is 18.2. The summed E-state index contributed by atoms with van der Waals surface area (Å²) in [6.07, 6.45) is 1.63. The summed E-state index contributed by atoms with van der Waals surface area (Å²) in [5, 5.41) is 10.7. The molecule has 0 aliphatic heterocycles. The summed E-state index contributed by atoms with van der Waals surface area (Å²) in [5.74, 6) is 1.59. The van der Waals surface area contributed by atoms with Crippen LogP contribution >= 0.6 is 50.1 Å². The number of rotatable bonds is 4. The molecule has 0 saturated carbocycles. The van der Waals surface area contributed by atoms with Crippen molar-refractivity contribution in [2.45, 2.75) is 0 Å². The summed E-state index contributed by atoms with van der Waals surface area (Å²) >= 11 is 11.4. The molecule has 0 spiro atoms. The lowest BCUT2D eigenvalue weighted by Crippen LogP contribution is -1.86. The van der Waals surface area contributed by atoms with E-state index in [1.54, 1.807) is 18.3 Å². The van der Waals surface area contributed by atoms with Crippen LogP contribution in [0.5, 0.6) is 17.2 Å². The number of phenols is 1. The molecule has 0 bridgehead atoms. The van der Waals surface area contributed by atoms with Crippen molar-refractivity contribution in [3.8, 4) is 17.2 Å². The lowest BCUT2D eigenvalue weighted by molar-refractivity contribution is 0.470. The Kier molecular flexibility index (Phi) is 5.98. The van der Waals surface area contributed by atoms with Gasteiger partial charge in [0, 0.05) is 21.3 Å². The fourth-order valence-corrected chi connectivity index (χ4v) is 3.83. The van der Waals surface area contributed by atoms with Crippen LogP contribution in [-0.4, -0.2) is 11.3 Å². The summed E-state index contributed by atoms with van der Waals surface area (Å²) < 4.78 is 7.40. The average molecular weight is 529 g/mol. The van der Waals surface area contributed by atoms with Crippen molar-refractivity contribution in [2.24, 2.45) is 4.99 Å². The second-order valence-electron chi connectivity index (χ2n) is 5.14. The summed E-state index contributed by atoms with van der Waals surface area (Å²) in [7, 11) is 0. The fraction of sp³-hybridized carbons (Fsp3) is 0. The molecule has 0 unspecified atom stereocenters. The van der Waals surface area contributed by atoms with E-state index in [9.17, 15) is 5.11 Å². The number of halogens is 3. The number of nitrogens with zero attached hydrogens (tertiary/aromatic N) is 1. The van der Waals surface area contributed by atoms with Gasteiger partial charge >= 0.3 is 0 Å². The zero-order chi connectivity index (χ0) is 17.8.